The molecule has 0 fully saturated rings. The third-order valence-corrected chi connectivity index (χ3v) is 2.92. The van der Waals surface area contributed by atoms with Crippen molar-refractivity contribution in [3.05, 3.63) is 28.2 Å². The van der Waals surface area contributed by atoms with Gasteiger partial charge in [0.1, 0.15) is 12.4 Å². The monoisotopic (exact) mass is 355 g/mol. The lowest BCUT2D eigenvalue weighted by Gasteiger charge is -2.14. The summed E-state index contributed by atoms with van der Waals surface area (Å²) in [6, 6.07) is 5.32. The SMILES string of the molecule is C[C@@H](N)c1ccc(Br)cc1OCCCOCC(F)(F)F. The first-order valence-electron chi connectivity index (χ1n) is 6.12. The van der Waals surface area contributed by atoms with Gasteiger partial charge >= 0.3 is 6.18 Å². The molecule has 1 aromatic carbocycles. The van der Waals surface area contributed by atoms with E-state index in [0.29, 0.717) is 12.2 Å². The Labute approximate surface area is 124 Å². The first-order chi connectivity index (χ1) is 9.29. The van der Waals surface area contributed by atoms with Crippen molar-refractivity contribution in [2.45, 2.75) is 25.6 Å². The van der Waals surface area contributed by atoms with Gasteiger partial charge in [-0.15, -0.1) is 0 Å². The molecule has 1 rings (SSSR count). The predicted octanol–water partition coefficient (Wildman–Crippen LogP) is 3.82. The number of nitrogens with two attached hydrogens (primary N) is 1. The van der Waals surface area contributed by atoms with Crippen molar-refractivity contribution in [2.24, 2.45) is 5.73 Å². The molecule has 0 spiro atoms. The summed E-state index contributed by atoms with van der Waals surface area (Å²) in [4.78, 5) is 0. The number of ether oxygens (including phenoxy) is 2. The van der Waals surface area contributed by atoms with Crippen molar-refractivity contribution in [1.29, 1.82) is 0 Å². The second-order valence-corrected chi connectivity index (χ2v) is 5.26. The summed E-state index contributed by atoms with van der Waals surface area (Å²) in [5, 5.41) is 0. The minimum atomic E-state index is -4.28. The Kier molecular flexibility index (Phi) is 6.78. The lowest BCUT2D eigenvalue weighted by atomic mass is 10.1. The molecule has 2 N–H and O–H groups in total. The van der Waals surface area contributed by atoms with Crippen LogP contribution in [0.5, 0.6) is 5.75 Å². The van der Waals surface area contributed by atoms with Crippen LogP contribution in [-0.2, 0) is 4.74 Å². The zero-order valence-corrected chi connectivity index (χ0v) is 12.6. The maximum Gasteiger partial charge on any atom is 0.411 e. The Morgan fingerprint density at radius 2 is 2.00 bits per heavy atom. The van der Waals surface area contributed by atoms with Crippen LogP contribution in [-0.4, -0.2) is 26.0 Å². The van der Waals surface area contributed by atoms with Gasteiger partial charge in [0.05, 0.1) is 13.2 Å². The zero-order valence-electron chi connectivity index (χ0n) is 11.0. The van der Waals surface area contributed by atoms with E-state index in [1.54, 1.807) is 6.07 Å². The van der Waals surface area contributed by atoms with Gasteiger partial charge in [-0.25, -0.2) is 0 Å². The molecule has 0 aliphatic carbocycles. The van der Waals surface area contributed by atoms with Crippen molar-refractivity contribution >= 4 is 15.9 Å². The Bertz CT molecular complexity index is 425. The summed E-state index contributed by atoms with van der Waals surface area (Å²) in [6.45, 7) is 0.882. The van der Waals surface area contributed by atoms with E-state index < -0.39 is 12.8 Å². The normalized spacial score (nSPS) is 13.3. The maximum absolute atomic E-state index is 11.8. The Hall–Kier alpha value is -0.790. The molecule has 3 nitrogen and oxygen atoms in total. The third kappa shape index (κ3) is 6.58. The highest BCUT2D eigenvalue weighted by Crippen LogP contribution is 2.27. The number of halogens is 4. The van der Waals surface area contributed by atoms with E-state index in [1.165, 1.54) is 0 Å². The van der Waals surface area contributed by atoms with Crippen molar-refractivity contribution in [1.82, 2.24) is 0 Å². The highest BCUT2D eigenvalue weighted by atomic mass is 79.9. The van der Waals surface area contributed by atoms with E-state index in [9.17, 15) is 13.2 Å². The molecule has 7 heteroatoms. The topological polar surface area (TPSA) is 44.5 Å². The van der Waals surface area contributed by atoms with Gasteiger partial charge in [0.15, 0.2) is 0 Å². The molecular weight excluding hydrogens is 339 g/mol. The molecule has 0 saturated heterocycles. The standard InChI is InChI=1S/C13H17BrF3NO2/c1-9(18)11-4-3-10(14)7-12(11)20-6-2-5-19-8-13(15,16)17/h3-4,7,9H,2,5-6,8,18H2,1H3/t9-/m1/s1. The number of benzene rings is 1. The summed E-state index contributed by atoms with van der Waals surface area (Å²) in [7, 11) is 0. The third-order valence-electron chi connectivity index (χ3n) is 2.42. The van der Waals surface area contributed by atoms with Crippen LogP contribution in [0.15, 0.2) is 22.7 Å². The van der Waals surface area contributed by atoms with E-state index in [-0.39, 0.29) is 19.3 Å². The molecule has 0 saturated carbocycles. The number of hydrogen-bond acceptors (Lipinski definition) is 3. The molecule has 0 heterocycles. The van der Waals surface area contributed by atoms with E-state index in [2.05, 4.69) is 20.7 Å². The summed E-state index contributed by atoms with van der Waals surface area (Å²) >= 11 is 3.33. The van der Waals surface area contributed by atoms with Crippen molar-refractivity contribution in [3.63, 3.8) is 0 Å². The molecule has 0 aromatic heterocycles. The van der Waals surface area contributed by atoms with Gasteiger partial charge in [0.25, 0.3) is 0 Å². The van der Waals surface area contributed by atoms with Crippen LogP contribution in [0.3, 0.4) is 0 Å². The van der Waals surface area contributed by atoms with E-state index >= 15 is 0 Å². The van der Waals surface area contributed by atoms with Gasteiger partial charge in [-0.3, -0.25) is 0 Å². The molecule has 20 heavy (non-hydrogen) atoms. The fraction of sp³-hybridized carbons (Fsp3) is 0.538. The van der Waals surface area contributed by atoms with Crippen LogP contribution in [0.1, 0.15) is 24.9 Å². The smallest absolute Gasteiger partial charge is 0.411 e. The summed E-state index contributed by atoms with van der Waals surface area (Å²) in [5.74, 6) is 0.630. The van der Waals surface area contributed by atoms with Gasteiger partial charge in [-0.1, -0.05) is 22.0 Å². The number of hydrogen-bond donors (Lipinski definition) is 1. The van der Waals surface area contributed by atoms with Crippen molar-refractivity contribution < 1.29 is 22.6 Å². The number of alkyl halides is 3. The summed E-state index contributed by atoms with van der Waals surface area (Å²) in [6.07, 6.45) is -3.91. The Balaban J connectivity index is 2.37. The molecular formula is C13H17BrF3NO2. The second-order valence-electron chi connectivity index (χ2n) is 4.34. The lowest BCUT2D eigenvalue weighted by molar-refractivity contribution is -0.174. The molecule has 0 unspecified atom stereocenters. The predicted molar refractivity (Wildman–Crippen MR) is 73.7 cm³/mol. The molecule has 0 radical (unpaired) electrons. The van der Waals surface area contributed by atoms with Crippen molar-refractivity contribution in [3.8, 4) is 5.75 Å². The van der Waals surface area contributed by atoms with E-state index in [1.807, 2.05) is 19.1 Å². The summed E-state index contributed by atoms with van der Waals surface area (Å²) in [5.41, 5.74) is 6.67. The largest absolute Gasteiger partial charge is 0.493 e. The zero-order chi connectivity index (χ0) is 15.2. The van der Waals surface area contributed by atoms with Gasteiger partial charge in [-0.05, 0) is 19.1 Å². The molecule has 0 aliphatic rings. The molecule has 0 bridgehead atoms. The fourth-order valence-corrected chi connectivity index (χ4v) is 1.88. The van der Waals surface area contributed by atoms with Crippen LogP contribution in [0.2, 0.25) is 0 Å². The van der Waals surface area contributed by atoms with Gasteiger partial charge < -0.3 is 15.2 Å². The molecule has 1 atom stereocenters. The molecule has 1 aromatic rings. The second kappa shape index (κ2) is 7.85. The molecule has 114 valence electrons. The lowest BCUT2D eigenvalue weighted by Crippen LogP contribution is -2.18. The van der Waals surface area contributed by atoms with Crippen LogP contribution in [0, 0.1) is 0 Å². The van der Waals surface area contributed by atoms with Crippen molar-refractivity contribution in [2.75, 3.05) is 19.8 Å². The summed E-state index contributed by atoms with van der Waals surface area (Å²) < 4.78 is 46.4. The molecule has 0 amide bonds. The van der Waals surface area contributed by atoms with Crippen LogP contribution in [0.4, 0.5) is 13.2 Å². The van der Waals surface area contributed by atoms with E-state index in [0.717, 1.165) is 10.0 Å². The quantitative estimate of drug-likeness (QED) is 0.756. The van der Waals surface area contributed by atoms with Gasteiger partial charge in [-0.2, -0.15) is 13.2 Å². The average molecular weight is 356 g/mol. The number of rotatable bonds is 7. The Morgan fingerprint density at radius 3 is 2.60 bits per heavy atom. The maximum atomic E-state index is 11.8. The highest BCUT2D eigenvalue weighted by molar-refractivity contribution is 9.10. The minimum absolute atomic E-state index is 0.00102. The fourth-order valence-electron chi connectivity index (χ4n) is 1.54. The molecule has 0 aliphatic heterocycles. The first-order valence-corrected chi connectivity index (χ1v) is 6.91. The van der Waals surface area contributed by atoms with Crippen LogP contribution in [0.25, 0.3) is 0 Å². The van der Waals surface area contributed by atoms with Crippen LogP contribution < -0.4 is 10.5 Å². The highest BCUT2D eigenvalue weighted by Gasteiger charge is 2.27. The van der Waals surface area contributed by atoms with Crippen LogP contribution >= 0.6 is 15.9 Å². The Morgan fingerprint density at radius 1 is 1.30 bits per heavy atom. The minimum Gasteiger partial charge on any atom is -0.493 e. The van der Waals surface area contributed by atoms with Gasteiger partial charge in [0, 0.05) is 22.5 Å². The first kappa shape index (κ1) is 17.3. The van der Waals surface area contributed by atoms with E-state index in [4.69, 9.17) is 10.5 Å². The average Bonchev–Trinajstić information content (AvgIpc) is 2.32. The van der Waals surface area contributed by atoms with Gasteiger partial charge in [0.2, 0.25) is 0 Å².